The lowest BCUT2D eigenvalue weighted by Gasteiger charge is -2.18. The summed E-state index contributed by atoms with van der Waals surface area (Å²) in [4.78, 5) is 38.4. The first-order valence-corrected chi connectivity index (χ1v) is 32.0. The molecule has 0 saturated heterocycles. The van der Waals surface area contributed by atoms with Gasteiger partial charge in [0.2, 0.25) is 0 Å². The van der Waals surface area contributed by atoms with E-state index in [4.69, 9.17) is 14.2 Å². The quantitative estimate of drug-likeness (QED) is 0.0261. The molecule has 0 aromatic rings. The number of hydrogen-bond donors (Lipinski definition) is 0. The maximum absolute atomic E-state index is 12.9. The molecule has 0 amide bonds. The normalized spacial score (nSPS) is 12.9. The van der Waals surface area contributed by atoms with Crippen molar-refractivity contribution in [3.05, 3.63) is 122 Å². The van der Waals surface area contributed by atoms with E-state index in [1.54, 1.807) is 0 Å². The second-order valence-corrected chi connectivity index (χ2v) is 20.9. The summed E-state index contributed by atoms with van der Waals surface area (Å²) in [5.41, 5.74) is 0. The summed E-state index contributed by atoms with van der Waals surface area (Å²) in [7, 11) is 0. The Morgan fingerprint density at radius 1 is 0.273 bits per heavy atom. The fraction of sp³-hybridized carbons (Fsp3) is 0.676. The largest absolute Gasteiger partial charge is 0.462 e. The number of allylic oxidation sites excluding steroid dienone is 20. The molecule has 0 bridgehead atoms. The molecule has 0 spiro atoms. The first-order valence-electron chi connectivity index (χ1n) is 32.0. The molecule has 0 saturated carbocycles. The maximum Gasteiger partial charge on any atom is 0.306 e. The molecule has 0 N–H and O–H groups in total. The van der Waals surface area contributed by atoms with E-state index in [1.807, 2.05) is 0 Å². The van der Waals surface area contributed by atoms with Crippen LogP contribution in [0.3, 0.4) is 0 Å². The van der Waals surface area contributed by atoms with Crippen LogP contribution >= 0.6 is 0 Å². The van der Waals surface area contributed by atoms with Crippen molar-refractivity contribution < 1.29 is 28.6 Å². The Balaban J connectivity index is 4.42. The van der Waals surface area contributed by atoms with Gasteiger partial charge in [0.25, 0.3) is 0 Å². The van der Waals surface area contributed by atoms with E-state index in [1.165, 1.54) is 109 Å². The molecule has 6 nitrogen and oxygen atoms in total. The van der Waals surface area contributed by atoms with Crippen LogP contribution in [0.25, 0.3) is 0 Å². The Morgan fingerprint density at radius 2 is 0.506 bits per heavy atom. The van der Waals surface area contributed by atoms with E-state index in [0.717, 1.165) is 141 Å². The highest BCUT2D eigenvalue weighted by atomic mass is 16.6. The fourth-order valence-electron chi connectivity index (χ4n) is 8.69. The molecule has 0 heterocycles. The van der Waals surface area contributed by atoms with E-state index < -0.39 is 6.10 Å². The molecule has 0 aliphatic carbocycles. The zero-order chi connectivity index (χ0) is 55.7. The van der Waals surface area contributed by atoms with Gasteiger partial charge in [-0.05, 0) is 128 Å². The monoisotopic (exact) mass is 1070 g/mol. The number of ether oxygens (including phenoxy) is 3. The number of rotatable bonds is 57. The Bertz CT molecular complexity index is 1600. The van der Waals surface area contributed by atoms with Crippen LogP contribution < -0.4 is 0 Å². The van der Waals surface area contributed by atoms with Gasteiger partial charge in [-0.2, -0.15) is 0 Å². The van der Waals surface area contributed by atoms with Crippen LogP contribution in [-0.2, 0) is 28.6 Å². The van der Waals surface area contributed by atoms with Gasteiger partial charge in [-0.3, -0.25) is 14.4 Å². The van der Waals surface area contributed by atoms with Crippen molar-refractivity contribution >= 4 is 17.9 Å². The zero-order valence-corrected chi connectivity index (χ0v) is 50.2. The van der Waals surface area contributed by atoms with Gasteiger partial charge in [0.1, 0.15) is 13.2 Å². The number of carbonyl (C=O) groups excluding carboxylic acids is 3. The lowest BCUT2D eigenvalue weighted by atomic mass is 10.1. The van der Waals surface area contributed by atoms with Crippen molar-refractivity contribution in [3.8, 4) is 0 Å². The number of esters is 3. The van der Waals surface area contributed by atoms with Crippen LogP contribution in [0.1, 0.15) is 290 Å². The minimum atomic E-state index is -0.798. The summed E-state index contributed by atoms with van der Waals surface area (Å²) in [5.74, 6) is -0.920. The highest BCUT2D eigenvalue weighted by molar-refractivity contribution is 5.71. The van der Waals surface area contributed by atoms with Crippen LogP contribution in [0.15, 0.2) is 122 Å². The van der Waals surface area contributed by atoms with Crippen LogP contribution in [0.5, 0.6) is 0 Å². The Kier molecular flexibility index (Phi) is 60.8. The van der Waals surface area contributed by atoms with Gasteiger partial charge in [-0.15, -0.1) is 0 Å². The Morgan fingerprint density at radius 3 is 0.792 bits per heavy atom. The summed E-state index contributed by atoms with van der Waals surface area (Å²) in [5, 5.41) is 0. The van der Waals surface area contributed by atoms with Crippen LogP contribution in [0.2, 0.25) is 0 Å². The van der Waals surface area contributed by atoms with Gasteiger partial charge < -0.3 is 14.2 Å². The van der Waals surface area contributed by atoms with E-state index in [9.17, 15) is 14.4 Å². The van der Waals surface area contributed by atoms with Crippen molar-refractivity contribution in [1.29, 1.82) is 0 Å². The fourth-order valence-corrected chi connectivity index (χ4v) is 8.69. The Hall–Kier alpha value is -4.19. The highest BCUT2D eigenvalue weighted by Crippen LogP contribution is 2.15. The smallest absolute Gasteiger partial charge is 0.306 e. The second kappa shape index (κ2) is 64.3. The first-order chi connectivity index (χ1) is 38.0. The minimum absolute atomic E-state index is 0.0935. The highest BCUT2D eigenvalue weighted by Gasteiger charge is 2.19. The molecule has 1 unspecified atom stereocenters. The maximum atomic E-state index is 12.9. The molecule has 0 rings (SSSR count). The number of hydrogen-bond acceptors (Lipinski definition) is 6. The second-order valence-electron chi connectivity index (χ2n) is 20.9. The molecule has 438 valence electrons. The molecule has 0 fully saturated rings. The van der Waals surface area contributed by atoms with Gasteiger partial charge in [-0.1, -0.05) is 264 Å². The third-order valence-electron chi connectivity index (χ3n) is 13.4. The summed E-state index contributed by atoms with van der Waals surface area (Å²) >= 11 is 0. The summed E-state index contributed by atoms with van der Waals surface area (Å²) in [6, 6.07) is 0. The van der Waals surface area contributed by atoms with Crippen LogP contribution in [0, 0.1) is 0 Å². The molecule has 0 aromatic carbocycles. The van der Waals surface area contributed by atoms with E-state index >= 15 is 0 Å². The van der Waals surface area contributed by atoms with Gasteiger partial charge in [0.05, 0.1) is 0 Å². The predicted octanol–water partition coefficient (Wildman–Crippen LogP) is 22.0. The molecule has 0 aliphatic heterocycles. The van der Waals surface area contributed by atoms with Gasteiger partial charge in [0, 0.05) is 19.3 Å². The summed E-state index contributed by atoms with van der Waals surface area (Å²) < 4.78 is 16.9. The van der Waals surface area contributed by atoms with Gasteiger partial charge in [0.15, 0.2) is 6.10 Å². The van der Waals surface area contributed by atoms with Crippen LogP contribution in [0.4, 0.5) is 0 Å². The average Bonchev–Trinajstić information content (AvgIpc) is 3.43. The zero-order valence-electron chi connectivity index (χ0n) is 50.2. The molecular weight excluding hydrogens is 949 g/mol. The van der Waals surface area contributed by atoms with E-state index in [2.05, 4.69) is 142 Å². The van der Waals surface area contributed by atoms with Crippen molar-refractivity contribution in [2.45, 2.75) is 297 Å². The molecule has 0 radical (unpaired) electrons. The van der Waals surface area contributed by atoms with Gasteiger partial charge >= 0.3 is 17.9 Å². The summed E-state index contributed by atoms with van der Waals surface area (Å²) in [6.07, 6.45) is 89.1. The third kappa shape index (κ3) is 62.5. The van der Waals surface area contributed by atoms with E-state index in [0.29, 0.717) is 19.3 Å². The predicted molar refractivity (Wildman–Crippen MR) is 334 cm³/mol. The Labute approximate surface area is 475 Å². The van der Waals surface area contributed by atoms with E-state index in [-0.39, 0.29) is 31.1 Å². The SMILES string of the molecule is CC/C=C\C/C=C\C/C=C\C/C=C\C/C=C\CCCCCCCCCC(=O)OCC(COC(=O)CCCCCCC/C=C\C/C=C\C/C=C\CC)OC(=O)CCCCCCCCCCC/C=C\C/C=C\CCCCCCC. The molecule has 6 heteroatoms. The van der Waals surface area contributed by atoms with Crippen LogP contribution in [-0.4, -0.2) is 37.2 Å². The summed E-state index contributed by atoms with van der Waals surface area (Å²) in [6.45, 7) is 6.39. The van der Waals surface area contributed by atoms with Crippen molar-refractivity contribution in [2.24, 2.45) is 0 Å². The minimum Gasteiger partial charge on any atom is -0.462 e. The first kappa shape index (κ1) is 72.8. The van der Waals surface area contributed by atoms with Gasteiger partial charge in [-0.25, -0.2) is 0 Å². The third-order valence-corrected chi connectivity index (χ3v) is 13.4. The lowest BCUT2D eigenvalue weighted by Crippen LogP contribution is -2.30. The standard InChI is InChI=1S/C71H118O6/c1-4-7-10-13-16-19-22-25-28-30-32-34-35-37-38-40-43-46-49-52-55-58-61-64-70(73)76-67-68(66-75-69(72)63-60-57-54-51-48-45-42-27-24-21-18-15-12-9-6-3)77-71(74)65-62-59-56-53-50-47-44-41-39-36-33-31-29-26-23-20-17-14-11-8-5-2/h7,9-10,12,16,18-19,21,23,25-28,31-34,37-38,42,68H,4-6,8,11,13-15,17,20,22,24,29-30,35-36,39-41,43-67H2,1-3H3/b10-7-,12-9-,19-16-,21-18-,26-23-,28-25-,33-31-,34-32-,38-37-,42-27-. The lowest BCUT2D eigenvalue weighted by molar-refractivity contribution is -0.167. The molecular formula is C71H118O6. The van der Waals surface area contributed by atoms with Crippen molar-refractivity contribution in [1.82, 2.24) is 0 Å². The number of carbonyl (C=O) groups is 3. The topological polar surface area (TPSA) is 78.9 Å². The molecule has 1 atom stereocenters. The average molecular weight is 1070 g/mol. The molecule has 0 aromatic heterocycles. The van der Waals surface area contributed by atoms with Crippen molar-refractivity contribution in [3.63, 3.8) is 0 Å². The van der Waals surface area contributed by atoms with Crippen molar-refractivity contribution in [2.75, 3.05) is 13.2 Å². The molecule has 77 heavy (non-hydrogen) atoms. The molecule has 0 aliphatic rings. The number of unbranched alkanes of at least 4 members (excludes halogenated alkanes) is 26.